The summed E-state index contributed by atoms with van der Waals surface area (Å²) in [5.74, 6) is -4.07. The lowest BCUT2D eigenvalue weighted by atomic mass is 9.70. The molecule has 42 heavy (non-hydrogen) atoms. The first-order valence-electron chi connectivity index (χ1n) is 13.0. The van der Waals surface area contributed by atoms with Crippen LogP contribution >= 0.6 is 34.7 Å². The number of nitrogens with zero attached hydrogens (tertiary/aromatic N) is 4. The number of thioether (sulfide) groups is 1. The van der Waals surface area contributed by atoms with E-state index in [1.807, 2.05) is 0 Å². The minimum absolute atomic E-state index is 0.00156. The highest BCUT2D eigenvalue weighted by molar-refractivity contribution is 8.00. The van der Waals surface area contributed by atoms with Gasteiger partial charge in [-0.3, -0.25) is 19.3 Å². The van der Waals surface area contributed by atoms with Crippen LogP contribution in [0.2, 0.25) is 4.34 Å². The van der Waals surface area contributed by atoms with Crippen LogP contribution < -0.4 is 16.8 Å². The second-order valence-corrected chi connectivity index (χ2v) is 13.6. The fraction of sp³-hybridized carbons (Fsp3) is 0.542. The number of carbonyl (C=O) groups is 5. The van der Waals surface area contributed by atoms with Crippen LogP contribution in [0.1, 0.15) is 31.9 Å². The van der Waals surface area contributed by atoms with Crippen LogP contribution in [0.3, 0.4) is 0 Å². The van der Waals surface area contributed by atoms with E-state index >= 15 is 0 Å². The van der Waals surface area contributed by atoms with Gasteiger partial charge in [-0.25, -0.2) is 14.6 Å². The number of halogens is 1. The van der Waals surface area contributed by atoms with E-state index in [2.05, 4.69) is 15.5 Å². The molecule has 6 heterocycles. The van der Waals surface area contributed by atoms with Crippen LogP contribution in [-0.4, -0.2) is 109 Å². The number of nitrogens with one attached hydrogen (secondary N) is 1. The molecule has 7 N–H and O–H groups in total. The van der Waals surface area contributed by atoms with Crippen molar-refractivity contribution in [3.8, 4) is 0 Å². The number of fused-ring (bicyclic) bond motifs is 4. The average molecular weight is 643 g/mol. The molecule has 3 atom stereocenters. The molecule has 4 fully saturated rings. The zero-order chi connectivity index (χ0) is 30.6. The highest BCUT2D eigenvalue weighted by Crippen LogP contribution is 2.46. The van der Waals surface area contributed by atoms with Gasteiger partial charge < -0.3 is 36.3 Å². The van der Waals surface area contributed by atoms with Crippen molar-refractivity contribution < 1.29 is 43.5 Å². The van der Waals surface area contributed by atoms with Gasteiger partial charge in [0.25, 0.3) is 11.8 Å². The number of carbonyl (C=O) groups excluding carboxylic acids is 3. The Morgan fingerprint density at radius 3 is 2.43 bits per heavy atom. The summed E-state index contributed by atoms with van der Waals surface area (Å²) in [4.78, 5) is 72.2. The quantitative estimate of drug-likeness (QED) is 0.0971. The van der Waals surface area contributed by atoms with Crippen molar-refractivity contribution in [2.75, 3.05) is 37.7 Å². The fourth-order valence-corrected chi connectivity index (χ4v) is 8.19. The van der Waals surface area contributed by atoms with Gasteiger partial charge in [0.05, 0.1) is 25.0 Å². The summed E-state index contributed by atoms with van der Waals surface area (Å²) in [5, 5.41) is 24.7. The molecule has 2 bridgehead atoms. The molecule has 1 aromatic rings. The number of rotatable bonds is 10. The Balaban J connectivity index is 1.34. The van der Waals surface area contributed by atoms with E-state index in [0.29, 0.717) is 61.3 Å². The number of hydrogen-bond acceptors (Lipinski definition) is 11. The van der Waals surface area contributed by atoms with Crippen LogP contribution in [0.15, 0.2) is 16.4 Å². The summed E-state index contributed by atoms with van der Waals surface area (Å²) < 4.78 is 0.638. The van der Waals surface area contributed by atoms with Gasteiger partial charge in [0.15, 0.2) is 10.8 Å². The molecule has 5 aliphatic heterocycles. The highest BCUT2D eigenvalue weighted by atomic mass is 35.5. The Labute approximate surface area is 252 Å². The van der Waals surface area contributed by atoms with Gasteiger partial charge >= 0.3 is 11.9 Å². The van der Waals surface area contributed by atoms with E-state index in [1.54, 1.807) is 0 Å². The number of carboxylic acids is 2. The molecule has 3 amide bonds. The van der Waals surface area contributed by atoms with Crippen LogP contribution in [0.5, 0.6) is 0 Å². The van der Waals surface area contributed by atoms with E-state index in [-0.39, 0.29) is 26.8 Å². The lowest BCUT2D eigenvalue weighted by Gasteiger charge is -2.55. The summed E-state index contributed by atoms with van der Waals surface area (Å²) in [6.07, 6.45) is 0.547. The molecule has 5 aliphatic rings. The summed E-state index contributed by atoms with van der Waals surface area (Å²) >= 11 is 8.34. The van der Waals surface area contributed by atoms with Crippen LogP contribution in [0.25, 0.3) is 0 Å². The third-order valence-electron chi connectivity index (χ3n) is 8.47. The minimum atomic E-state index is -1.41. The Morgan fingerprint density at radius 1 is 1.26 bits per heavy atom. The molecule has 1 aromatic heterocycles. The Kier molecular flexibility index (Phi) is 7.88. The van der Waals surface area contributed by atoms with Gasteiger partial charge in [-0.1, -0.05) is 28.1 Å². The van der Waals surface area contributed by atoms with Crippen molar-refractivity contribution in [2.45, 2.75) is 43.7 Å². The first-order chi connectivity index (χ1) is 19.8. The number of nitrogen functional groups attached to an aromatic ring is 1. The molecule has 0 aromatic carbocycles. The van der Waals surface area contributed by atoms with E-state index in [4.69, 9.17) is 33.0 Å². The zero-order valence-corrected chi connectivity index (χ0v) is 24.8. The molecular formula is C24H29ClN7O8S2+. The molecule has 0 saturated carbocycles. The topological polar surface area (TPSA) is 228 Å². The van der Waals surface area contributed by atoms with Crippen LogP contribution in [-0.2, 0) is 28.8 Å². The summed E-state index contributed by atoms with van der Waals surface area (Å²) in [6.45, 7) is 3.75. The number of quaternary nitrogens is 1. The van der Waals surface area contributed by atoms with Gasteiger partial charge in [-0.2, -0.15) is 0 Å². The molecule has 15 nitrogen and oxygen atoms in total. The second-order valence-electron chi connectivity index (χ2n) is 10.9. The lowest BCUT2D eigenvalue weighted by Crippen LogP contribution is -2.71. The van der Waals surface area contributed by atoms with E-state index < -0.39 is 52.4 Å². The third kappa shape index (κ3) is 5.18. The fourth-order valence-electron chi connectivity index (χ4n) is 5.92. The number of primary amides is 1. The molecule has 4 saturated heterocycles. The number of β-lactam (4-membered cyclic amide) rings is 1. The predicted octanol–water partition coefficient (Wildman–Crippen LogP) is -0.203. The average Bonchev–Trinajstić information content (AvgIpc) is 3.28. The summed E-state index contributed by atoms with van der Waals surface area (Å²) in [5.41, 5.74) is 10.8. The summed E-state index contributed by atoms with van der Waals surface area (Å²) in [7, 11) is 0. The second kappa shape index (κ2) is 11.0. The van der Waals surface area contributed by atoms with Gasteiger partial charge in [-0.15, -0.1) is 11.8 Å². The third-order valence-corrected chi connectivity index (χ3v) is 10.9. The number of amides is 3. The molecule has 18 heteroatoms. The normalized spacial score (nSPS) is 29.4. The standard InChI is InChI=1S/C24H28ClN7O8S2/c1-10(20(35)36)40-30-13(12-16(25)42-23(27)29-12)17(33)28-14-18(34)31-15(21(37)38)11(9-41-19(14)31)8-32-5-2-24(3-6-32,4-7-32)22(26)39/h10,14,19H,2-9H2,1H3,(H6-,26,27,28,29,33,35,36,37,38,39)/p+1/b30-13-/t10-,14?,19+,24?,32?/m0/s1. The molecule has 0 spiro atoms. The van der Waals surface area contributed by atoms with Crippen molar-refractivity contribution in [1.82, 2.24) is 15.2 Å². The van der Waals surface area contributed by atoms with Gasteiger partial charge in [0.1, 0.15) is 33.7 Å². The molecule has 0 radical (unpaired) electrons. The maximum absolute atomic E-state index is 13.3. The number of aliphatic carboxylic acids is 2. The largest absolute Gasteiger partial charge is 0.478 e. The predicted molar refractivity (Wildman–Crippen MR) is 151 cm³/mol. The van der Waals surface area contributed by atoms with E-state index in [9.17, 15) is 29.1 Å². The maximum Gasteiger partial charge on any atom is 0.352 e. The van der Waals surface area contributed by atoms with Crippen molar-refractivity contribution >= 4 is 75.2 Å². The Bertz CT molecular complexity index is 1420. The highest BCUT2D eigenvalue weighted by Gasteiger charge is 2.57. The molecule has 0 aliphatic carbocycles. The number of oxime groups is 1. The SMILES string of the molecule is C[C@H](O/N=C(\C(=O)NC1C(=O)N2C(C(=O)O)=C(C[N+]34CCC(C(N)=O)(CC3)CC4)CS[C@H]12)c1nc(N)sc1Cl)C(=O)O. The van der Waals surface area contributed by atoms with E-state index in [1.165, 1.54) is 23.6 Å². The molecule has 1 unspecified atom stereocenters. The number of piperidine rings is 3. The first kappa shape index (κ1) is 30.1. The van der Waals surface area contributed by atoms with Crippen molar-refractivity contribution in [1.29, 1.82) is 0 Å². The maximum atomic E-state index is 13.3. The number of thiazole rings is 1. The van der Waals surface area contributed by atoms with Crippen LogP contribution in [0, 0.1) is 5.41 Å². The molecule has 6 rings (SSSR count). The number of nitrogens with two attached hydrogens (primary N) is 2. The molecule has 226 valence electrons. The molecular weight excluding hydrogens is 614 g/mol. The smallest absolute Gasteiger partial charge is 0.352 e. The first-order valence-corrected chi connectivity index (χ1v) is 15.3. The lowest BCUT2D eigenvalue weighted by molar-refractivity contribution is -0.940. The summed E-state index contributed by atoms with van der Waals surface area (Å²) in [6, 6.07) is -1.09. The zero-order valence-electron chi connectivity index (χ0n) is 22.4. The Morgan fingerprint density at radius 2 is 1.90 bits per heavy atom. The van der Waals surface area contributed by atoms with E-state index in [0.717, 1.165) is 11.3 Å². The number of aromatic nitrogens is 1. The number of anilines is 1. The minimum Gasteiger partial charge on any atom is -0.478 e. The monoisotopic (exact) mass is 642 g/mol. The van der Waals surface area contributed by atoms with Crippen LogP contribution in [0.4, 0.5) is 5.13 Å². The van der Waals surface area contributed by atoms with Crippen molar-refractivity contribution in [2.24, 2.45) is 16.3 Å². The van der Waals surface area contributed by atoms with Gasteiger partial charge in [0.2, 0.25) is 12.0 Å². The van der Waals surface area contributed by atoms with Crippen molar-refractivity contribution in [3.63, 3.8) is 0 Å². The Hall–Kier alpha value is -3.41. The number of hydrogen-bond donors (Lipinski definition) is 5. The number of carboxylic acid groups (broad SMARTS) is 2. The van der Waals surface area contributed by atoms with Crippen molar-refractivity contribution in [3.05, 3.63) is 21.3 Å². The van der Waals surface area contributed by atoms with Gasteiger partial charge in [-0.05, 0) is 6.92 Å². The van der Waals surface area contributed by atoms with Gasteiger partial charge in [0, 0.05) is 30.6 Å².